The number of carbonyl (C=O) groups is 1. The van der Waals surface area contributed by atoms with E-state index in [1.807, 2.05) is 30.3 Å². The first-order chi connectivity index (χ1) is 11.1. The fourth-order valence-electron chi connectivity index (χ4n) is 3.33. The molecule has 3 rings (SSSR count). The molecule has 1 aliphatic carbocycles. The van der Waals surface area contributed by atoms with E-state index in [1.165, 1.54) is 11.1 Å². The molecule has 2 aromatic rings. The van der Waals surface area contributed by atoms with Crippen LogP contribution in [0.3, 0.4) is 0 Å². The van der Waals surface area contributed by atoms with E-state index < -0.39 is 17.6 Å². The van der Waals surface area contributed by atoms with Crippen molar-refractivity contribution < 1.29 is 9.90 Å². The van der Waals surface area contributed by atoms with E-state index in [1.54, 1.807) is 6.20 Å². The number of aromatic nitrogens is 3. The first-order valence-electron chi connectivity index (χ1n) is 8.05. The van der Waals surface area contributed by atoms with Crippen LogP contribution >= 0.6 is 0 Å². The third-order valence-corrected chi connectivity index (χ3v) is 4.50. The second-order valence-corrected chi connectivity index (χ2v) is 6.37. The highest BCUT2D eigenvalue weighted by Crippen LogP contribution is 2.30. The summed E-state index contributed by atoms with van der Waals surface area (Å²) in [6.45, 7) is 0. The predicted octanol–water partition coefficient (Wildman–Crippen LogP) is 1.59. The summed E-state index contributed by atoms with van der Waals surface area (Å²) in [7, 11) is 0. The van der Waals surface area contributed by atoms with Gasteiger partial charge in [0.15, 0.2) is 6.04 Å². The van der Waals surface area contributed by atoms with Crippen LogP contribution in [0, 0.1) is 0 Å². The molecule has 1 aliphatic rings. The van der Waals surface area contributed by atoms with E-state index in [9.17, 15) is 9.90 Å². The second-order valence-electron chi connectivity index (χ2n) is 6.37. The lowest BCUT2D eigenvalue weighted by Gasteiger charge is -2.31. The van der Waals surface area contributed by atoms with Gasteiger partial charge >= 0.3 is 0 Å². The Morgan fingerprint density at radius 1 is 1.26 bits per heavy atom. The van der Waals surface area contributed by atoms with Crippen LogP contribution in [-0.4, -0.2) is 31.6 Å². The predicted molar refractivity (Wildman–Crippen MR) is 85.5 cm³/mol. The Hall–Kier alpha value is -2.21. The van der Waals surface area contributed by atoms with Gasteiger partial charge in [0, 0.05) is 12.6 Å². The molecule has 6 heteroatoms. The number of nitrogens with two attached hydrogens (primary N) is 1. The zero-order valence-corrected chi connectivity index (χ0v) is 13.1. The van der Waals surface area contributed by atoms with Crippen LogP contribution in [-0.2, 0) is 11.2 Å². The summed E-state index contributed by atoms with van der Waals surface area (Å²) >= 11 is 0. The minimum atomic E-state index is -0.700. The molecule has 6 nitrogen and oxygen atoms in total. The van der Waals surface area contributed by atoms with Gasteiger partial charge in [-0.15, -0.1) is 5.10 Å². The molecule has 1 fully saturated rings. The molecule has 0 spiro atoms. The molecule has 1 saturated carbocycles. The summed E-state index contributed by atoms with van der Waals surface area (Å²) in [5, 5.41) is 18.8. The lowest BCUT2D eigenvalue weighted by atomic mass is 9.82. The maximum Gasteiger partial charge on any atom is 0.246 e. The average molecular weight is 314 g/mol. The highest BCUT2D eigenvalue weighted by Gasteiger charge is 2.31. The zero-order valence-electron chi connectivity index (χ0n) is 13.1. The van der Waals surface area contributed by atoms with Gasteiger partial charge < -0.3 is 10.8 Å². The second kappa shape index (κ2) is 6.50. The Bertz CT molecular complexity index is 662. The van der Waals surface area contributed by atoms with Crippen molar-refractivity contribution in [1.29, 1.82) is 0 Å². The van der Waals surface area contributed by atoms with Crippen LogP contribution in [0.5, 0.6) is 0 Å². The molecule has 3 N–H and O–H groups in total. The Morgan fingerprint density at radius 2 is 1.96 bits per heavy atom. The number of hydrogen-bond acceptors (Lipinski definition) is 4. The molecule has 23 heavy (non-hydrogen) atoms. The Balaban J connectivity index is 1.81. The minimum absolute atomic E-state index is 0.466. The molecule has 122 valence electrons. The number of benzene rings is 1. The van der Waals surface area contributed by atoms with Gasteiger partial charge in [-0.1, -0.05) is 54.8 Å². The number of nitrogens with zero attached hydrogens (tertiary/aromatic N) is 3. The van der Waals surface area contributed by atoms with Crippen molar-refractivity contribution in [2.75, 3.05) is 0 Å². The molecular weight excluding hydrogens is 292 g/mol. The minimum Gasteiger partial charge on any atom is -0.389 e. The third kappa shape index (κ3) is 3.59. The molecule has 0 bridgehead atoms. The molecule has 0 saturated heterocycles. The largest absolute Gasteiger partial charge is 0.389 e. The molecule has 1 amide bonds. The highest BCUT2D eigenvalue weighted by molar-refractivity contribution is 5.81. The van der Waals surface area contributed by atoms with Gasteiger partial charge in [0.05, 0.1) is 11.3 Å². The van der Waals surface area contributed by atoms with Crippen molar-refractivity contribution in [2.24, 2.45) is 5.73 Å². The van der Waals surface area contributed by atoms with Gasteiger partial charge in [-0.2, -0.15) is 0 Å². The first-order valence-corrected chi connectivity index (χ1v) is 8.05. The van der Waals surface area contributed by atoms with Gasteiger partial charge in [0.1, 0.15) is 0 Å². The van der Waals surface area contributed by atoms with Crippen molar-refractivity contribution in [1.82, 2.24) is 15.0 Å². The number of hydrogen-bond donors (Lipinski definition) is 2. The van der Waals surface area contributed by atoms with Crippen molar-refractivity contribution in [3.63, 3.8) is 0 Å². The molecule has 1 atom stereocenters. The van der Waals surface area contributed by atoms with E-state index in [4.69, 9.17) is 5.73 Å². The average Bonchev–Trinajstić information content (AvgIpc) is 2.96. The van der Waals surface area contributed by atoms with E-state index in [-0.39, 0.29) is 0 Å². The Morgan fingerprint density at radius 3 is 2.61 bits per heavy atom. The van der Waals surface area contributed by atoms with E-state index in [0.29, 0.717) is 12.1 Å². The molecule has 0 aliphatic heterocycles. The summed E-state index contributed by atoms with van der Waals surface area (Å²) in [4.78, 5) is 11.8. The zero-order chi connectivity index (χ0) is 16.3. The maximum absolute atomic E-state index is 11.8. The van der Waals surface area contributed by atoms with Crippen molar-refractivity contribution in [2.45, 2.75) is 50.2 Å². The summed E-state index contributed by atoms with van der Waals surface area (Å²) in [6.07, 6.45) is 7.02. The van der Waals surface area contributed by atoms with Gasteiger partial charge in [-0.05, 0) is 18.4 Å². The van der Waals surface area contributed by atoms with Crippen LogP contribution in [0.15, 0.2) is 36.5 Å². The number of amides is 1. The fourth-order valence-corrected chi connectivity index (χ4v) is 3.33. The molecule has 1 heterocycles. The molecule has 1 aromatic heterocycles. The van der Waals surface area contributed by atoms with E-state index in [2.05, 4.69) is 10.3 Å². The van der Waals surface area contributed by atoms with E-state index >= 15 is 0 Å². The summed E-state index contributed by atoms with van der Waals surface area (Å²) < 4.78 is 1.49. The van der Waals surface area contributed by atoms with Crippen LogP contribution < -0.4 is 5.73 Å². The number of aliphatic hydroxyl groups is 1. The maximum atomic E-state index is 11.8. The van der Waals surface area contributed by atoms with Crippen LogP contribution in [0.4, 0.5) is 0 Å². The lowest BCUT2D eigenvalue weighted by Crippen LogP contribution is -2.34. The molecule has 0 radical (unpaired) electrons. The number of rotatable bonds is 5. The van der Waals surface area contributed by atoms with Gasteiger partial charge in [0.2, 0.25) is 5.91 Å². The summed E-state index contributed by atoms with van der Waals surface area (Å²) in [6, 6.07) is 8.59. The lowest BCUT2D eigenvalue weighted by molar-refractivity contribution is -0.120. The number of carbonyl (C=O) groups excluding carboxylic acids is 1. The molecule has 1 unspecified atom stereocenters. The monoisotopic (exact) mass is 314 g/mol. The van der Waals surface area contributed by atoms with Crippen molar-refractivity contribution >= 4 is 5.91 Å². The van der Waals surface area contributed by atoms with Crippen LogP contribution in [0.2, 0.25) is 0 Å². The SMILES string of the molecule is NC(=O)C(c1ccccc1)n1cc(CC2(O)CCCCC2)nn1. The summed E-state index contributed by atoms with van der Waals surface area (Å²) in [5.74, 6) is -0.482. The first kappa shape index (κ1) is 15.7. The van der Waals surface area contributed by atoms with Crippen LogP contribution in [0.1, 0.15) is 49.4 Å². The van der Waals surface area contributed by atoms with Crippen molar-refractivity contribution in [3.05, 3.63) is 47.8 Å². The van der Waals surface area contributed by atoms with Gasteiger partial charge in [-0.3, -0.25) is 4.79 Å². The fraction of sp³-hybridized carbons (Fsp3) is 0.471. The van der Waals surface area contributed by atoms with Gasteiger partial charge in [-0.25, -0.2) is 4.68 Å². The van der Waals surface area contributed by atoms with Gasteiger partial charge in [0.25, 0.3) is 0 Å². The van der Waals surface area contributed by atoms with E-state index in [0.717, 1.165) is 31.2 Å². The topological polar surface area (TPSA) is 94.0 Å². The Labute approximate surface area is 135 Å². The molecule has 1 aromatic carbocycles. The number of primary amides is 1. The molecular formula is C17H22N4O2. The quantitative estimate of drug-likeness (QED) is 0.876. The standard InChI is InChI=1S/C17H22N4O2/c18-16(22)15(13-7-3-1-4-8-13)21-12-14(19-20-21)11-17(23)9-5-2-6-10-17/h1,3-4,7-8,12,15,23H,2,5-6,9-11H2,(H2,18,22). The van der Waals surface area contributed by atoms with Crippen molar-refractivity contribution in [3.8, 4) is 0 Å². The van der Waals surface area contributed by atoms with Crippen LogP contribution in [0.25, 0.3) is 0 Å². The normalized spacial score (nSPS) is 18.5. The summed E-state index contributed by atoms with van der Waals surface area (Å²) in [5.41, 5.74) is 6.31. The highest BCUT2D eigenvalue weighted by atomic mass is 16.3. The third-order valence-electron chi connectivity index (χ3n) is 4.50. The Kier molecular flexibility index (Phi) is 4.43. The smallest absolute Gasteiger partial charge is 0.246 e.